The first-order valence-electron chi connectivity index (χ1n) is 9.16. The Morgan fingerprint density at radius 1 is 1.13 bits per heavy atom. The predicted octanol–water partition coefficient (Wildman–Crippen LogP) is 3.34. The Bertz CT molecular complexity index is 1090. The van der Waals surface area contributed by atoms with E-state index < -0.39 is 10.8 Å². The van der Waals surface area contributed by atoms with Crippen LogP contribution in [0.15, 0.2) is 42.5 Å². The molecule has 0 bridgehead atoms. The quantitative estimate of drug-likeness (QED) is 0.473. The largest absolute Gasteiger partial charge is 0.493 e. The molecule has 2 aromatic carbocycles. The summed E-state index contributed by atoms with van der Waals surface area (Å²) in [5, 5.41) is 18.8. The van der Waals surface area contributed by atoms with Gasteiger partial charge in [-0.15, -0.1) is 0 Å². The number of nitro groups is 1. The van der Waals surface area contributed by atoms with Crippen molar-refractivity contribution in [1.29, 1.82) is 0 Å². The van der Waals surface area contributed by atoms with E-state index in [1.54, 1.807) is 4.68 Å². The Labute approximate surface area is 173 Å². The molecule has 0 unspecified atom stereocenters. The maximum atomic E-state index is 12.8. The lowest BCUT2D eigenvalue weighted by atomic mass is 10.1. The van der Waals surface area contributed by atoms with Gasteiger partial charge in [0.15, 0.2) is 11.5 Å². The van der Waals surface area contributed by atoms with E-state index in [0.717, 1.165) is 22.6 Å². The molecular formula is C21H22N4O5. The number of carbonyl (C=O) groups is 1. The van der Waals surface area contributed by atoms with Crippen LogP contribution in [0.4, 0.5) is 5.69 Å². The van der Waals surface area contributed by atoms with E-state index in [9.17, 15) is 14.9 Å². The average molecular weight is 410 g/mol. The van der Waals surface area contributed by atoms with Crippen LogP contribution < -0.4 is 14.8 Å². The fourth-order valence-corrected chi connectivity index (χ4v) is 3.22. The molecule has 9 heteroatoms. The first-order valence-corrected chi connectivity index (χ1v) is 9.16. The van der Waals surface area contributed by atoms with Gasteiger partial charge in [0, 0.05) is 23.9 Å². The lowest BCUT2D eigenvalue weighted by Gasteiger charge is -2.11. The lowest BCUT2D eigenvalue weighted by Crippen LogP contribution is -2.24. The maximum absolute atomic E-state index is 12.8. The number of ether oxygens (including phenoxy) is 2. The molecule has 1 N–H and O–H groups in total. The fraction of sp³-hybridized carbons (Fsp3) is 0.238. The van der Waals surface area contributed by atoms with Gasteiger partial charge < -0.3 is 14.8 Å². The molecule has 0 fully saturated rings. The Morgan fingerprint density at radius 2 is 1.77 bits per heavy atom. The molecular weight excluding hydrogens is 388 g/mol. The van der Waals surface area contributed by atoms with Gasteiger partial charge in [0.1, 0.15) is 5.56 Å². The summed E-state index contributed by atoms with van der Waals surface area (Å²) in [7, 11) is 2.77. The summed E-state index contributed by atoms with van der Waals surface area (Å²) in [5.74, 6) is -0.178. The molecule has 0 aliphatic heterocycles. The van der Waals surface area contributed by atoms with Gasteiger partial charge in [0.2, 0.25) is 0 Å². The highest BCUT2D eigenvalue weighted by atomic mass is 16.6. The monoisotopic (exact) mass is 410 g/mol. The van der Waals surface area contributed by atoms with Gasteiger partial charge in [-0.2, -0.15) is 5.10 Å². The molecule has 0 saturated carbocycles. The number of nitrogens with zero attached hydrogens (tertiary/aromatic N) is 3. The van der Waals surface area contributed by atoms with E-state index in [2.05, 4.69) is 10.4 Å². The average Bonchev–Trinajstić information content (AvgIpc) is 3.04. The smallest absolute Gasteiger partial charge is 0.286 e. The van der Waals surface area contributed by atoms with Crippen LogP contribution in [0.1, 0.15) is 27.3 Å². The second kappa shape index (κ2) is 8.64. The molecule has 3 rings (SSSR count). The number of aromatic nitrogens is 2. The van der Waals surface area contributed by atoms with Crippen molar-refractivity contribution >= 4 is 11.6 Å². The summed E-state index contributed by atoms with van der Waals surface area (Å²) in [5.41, 5.74) is 2.92. The molecule has 0 saturated heterocycles. The van der Waals surface area contributed by atoms with Crippen molar-refractivity contribution in [2.75, 3.05) is 14.2 Å². The van der Waals surface area contributed by atoms with Crippen LogP contribution in [0.3, 0.4) is 0 Å². The third-order valence-electron chi connectivity index (χ3n) is 4.81. The Hall–Kier alpha value is -3.88. The number of aryl methyl sites for hydroxylation is 1. The van der Waals surface area contributed by atoms with Crippen molar-refractivity contribution in [3.05, 3.63) is 75.1 Å². The molecule has 0 aliphatic carbocycles. The zero-order valence-corrected chi connectivity index (χ0v) is 17.1. The molecule has 0 spiro atoms. The van der Waals surface area contributed by atoms with E-state index in [1.807, 2.05) is 44.2 Å². The molecule has 0 radical (unpaired) electrons. The SMILES string of the molecule is COc1cc(C(=O)NCc2c(C)nn(-c3ccccc3)c2C)c([N+](=O)[O-])cc1OC. The van der Waals surface area contributed by atoms with Crippen LogP contribution in [0, 0.1) is 24.0 Å². The maximum Gasteiger partial charge on any atom is 0.286 e. The van der Waals surface area contributed by atoms with Gasteiger partial charge >= 0.3 is 0 Å². The number of carbonyl (C=O) groups excluding carboxylic acids is 1. The Kier molecular flexibility index (Phi) is 6.01. The third kappa shape index (κ3) is 3.95. The zero-order chi connectivity index (χ0) is 21.8. The van der Waals surface area contributed by atoms with Crippen molar-refractivity contribution in [1.82, 2.24) is 15.1 Å². The number of hydrogen-bond acceptors (Lipinski definition) is 6. The second-order valence-corrected chi connectivity index (χ2v) is 6.56. The molecule has 156 valence electrons. The molecule has 1 amide bonds. The van der Waals surface area contributed by atoms with Gasteiger partial charge in [0.25, 0.3) is 11.6 Å². The highest BCUT2D eigenvalue weighted by molar-refractivity contribution is 5.99. The van der Waals surface area contributed by atoms with Crippen molar-refractivity contribution in [2.24, 2.45) is 0 Å². The van der Waals surface area contributed by atoms with Crippen molar-refractivity contribution < 1.29 is 19.2 Å². The molecule has 1 aromatic heterocycles. The summed E-state index contributed by atoms with van der Waals surface area (Å²) < 4.78 is 12.1. The first kappa shape index (κ1) is 20.8. The van der Waals surface area contributed by atoms with Crippen LogP contribution in [-0.2, 0) is 6.54 Å². The van der Waals surface area contributed by atoms with Crippen molar-refractivity contribution in [3.63, 3.8) is 0 Å². The molecule has 1 heterocycles. The summed E-state index contributed by atoms with van der Waals surface area (Å²) in [6.45, 7) is 3.94. The van der Waals surface area contributed by atoms with Crippen LogP contribution in [-0.4, -0.2) is 34.8 Å². The van der Waals surface area contributed by atoms with E-state index >= 15 is 0 Å². The highest BCUT2D eigenvalue weighted by Crippen LogP contribution is 2.34. The number of benzene rings is 2. The van der Waals surface area contributed by atoms with Crippen LogP contribution in [0.25, 0.3) is 5.69 Å². The number of methoxy groups -OCH3 is 2. The van der Waals surface area contributed by atoms with E-state index in [4.69, 9.17) is 9.47 Å². The van der Waals surface area contributed by atoms with Gasteiger partial charge in [-0.1, -0.05) is 18.2 Å². The Morgan fingerprint density at radius 3 is 2.37 bits per heavy atom. The number of hydrogen-bond donors (Lipinski definition) is 1. The van der Waals surface area contributed by atoms with Crippen LogP contribution >= 0.6 is 0 Å². The van der Waals surface area contributed by atoms with E-state index in [-0.39, 0.29) is 29.3 Å². The molecule has 9 nitrogen and oxygen atoms in total. The number of amides is 1. The third-order valence-corrected chi connectivity index (χ3v) is 4.81. The van der Waals surface area contributed by atoms with Gasteiger partial charge in [-0.3, -0.25) is 14.9 Å². The van der Waals surface area contributed by atoms with E-state index in [0.29, 0.717) is 0 Å². The van der Waals surface area contributed by atoms with Crippen LogP contribution in [0.2, 0.25) is 0 Å². The van der Waals surface area contributed by atoms with E-state index in [1.165, 1.54) is 26.4 Å². The first-order chi connectivity index (χ1) is 14.4. The van der Waals surface area contributed by atoms with Gasteiger partial charge in [-0.25, -0.2) is 4.68 Å². The minimum Gasteiger partial charge on any atom is -0.493 e. The predicted molar refractivity (Wildman–Crippen MR) is 110 cm³/mol. The minimum absolute atomic E-state index is 0.108. The topological polar surface area (TPSA) is 109 Å². The number of para-hydroxylation sites is 1. The lowest BCUT2D eigenvalue weighted by molar-refractivity contribution is -0.385. The van der Waals surface area contributed by atoms with Crippen molar-refractivity contribution in [2.45, 2.75) is 20.4 Å². The summed E-state index contributed by atoms with van der Waals surface area (Å²) in [4.78, 5) is 23.6. The molecule has 0 aliphatic rings. The fourth-order valence-electron chi connectivity index (χ4n) is 3.22. The van der Waals surface area contributed by atoms with Gasteiger partial charge in [0.05, 0.1) is 36.6 Å². The zero-order valence-electron chi connectivity index (χ0n) is 17.1. The number of nitrogens with one attached hydrogen (secondary N) is 1. The number of rotatable bonds is 7. The molecule has 30 heavy (non-hydrogen) atoms. The summed E-state index contributed by atoms with van der Waals surface area (Å²) in [6, 6.07) is 12.1. The van der Waals surface area contributed by atoms with Crippen LogP contribution in [0.5, 0.6) is 11.5 Å². The Balaban J connectivity index is 1.88. The summed E-state index contributed by atoms with van der Waals surface area (Å²) >= 11 is 0. The number of nitro benzene ring substituents is 1. The molecule has 3 aromatic rings. The summed E-state index contributed by atoms with van der Waals surface area (Å²) in [6.07, 6.45) is 0. The standard InChI is InChI=1S/C21H22N4O5/c1-13-17(14(2)24(23-13)15-8-6-5-7-9-15)12-22-21(26)16-10-19(29-3)20(30-4)11-18(16)25(27)28/h5-11H,12H2,1-4H3,(H,22,26). The molecule has 0 atom stereocenters. The minimum atomic E-state index is -0.624. The second-order valence-electron chi connectivity index (χ2n) is 6.56. The normalized spacial score (nSPS) is 10.5. The highest BCUT2D eigenvalue weighted by Gasteiger charge is 2.25. The van der Waals surface area contributed by atoms with Gasteiger partial charge in [-0.05, 0) is 26.0 Å². The van der Waals surface area contributed by atoms with Crippen molar-refractivity contribution in [3.8, 4) is 17.2 Å².